The molecule has 0 atom stereocenters. The normalized spacial score (nSPS) is 17.1. The Bertz CT molecular complexity index is 618. The van der Waals surface area contributed by atoms with Crippen molar-refractivity contribution in [2.45, 2.75) is 31.1 Å². The predicted octanol–water partition coefficient (Wildman–Crippen LogP) is 0.611. The molecule has 1 aliphatic heterocycles. The van der Waals surface area contributed by atoms with E-state index in [1.807, 2.05) is 11.8 Å². The average molecular weight is 332 g/mol. The van der Waals surface area contributed by atoms with Crippen LogP contribution in [-0.4, -0.2) is 37.5 Å². The highest BCUT2D eigenvalue weighted by Gasteiger charge is 2.31. The second-order valence-corrected chi connectivity index (χ2v) is 7.98. The van der Waals surface area contributed by atoms with Crippen LogP contribution in [0.5, 0.6) is 0 Å². The van der Waals surface area contributed by atoms with E-state index in [1.165, 1.54) is 0 Å². The fourth-order valence-electron chi connectivity index (χ4n) is 2.52. The molecule has 118 valence electrons. The van der Waals surface area contributed by atoms with Crippen LogP contribution in [0.2, 0.25) is 0 Å². The van der Waals surface area contributed by atoms with Crippen LogP contribution in [0, 0.1) is 5.92 Å². The van der Waals surface area contributed by atoms with Crippen LogP contribution in [0.4, 0.5) is 10.8 Å². The summed E-state index contributed by atoms with van der Waals surface area (Å²) in [7, 11) is -3.42. The monoisotopic (exact) mass is 332 g/mol. The Hall–Kier alpha value is -1.35. The van der Waals surface area contributed by atoms with E-state index in [9.17, 15) is 13.2 Å². The van der Waals surface area contributed by atoms with Crippen LogP contribution in [-0.2, 0) is 14.6 Å². The number of hydrogen-bond acceptors (Lipinski definition) is 7. The molecule has 1 amide bonds. The molecule has 2 rings (SSSR count). The minimum absolute atomic E-state index is 0.0559. The Kier molecular flexibility index (Phi) is 4.72. The first-order chi connectivity index (χ1) is 9.86. The Morgan fingerprint density at radius 2 is 2.05 bits per heavy atom. The minimum Gasteiger partial charge on any atom is -0.382 e. The van der Waals surface area contributed by atoms with Crippen molar-refractivity contribution in [1.82, 2.24) is 4.37 Å². The van der Waals surface area contributed by atoms with Gasteiger partial charge in [-0.2, -0.15) is 4.37 Å². The van der Waals surface area contributed by atoms with E-state index < -0.39 is 9.84 Å². The van der Waals surface area contributed by atoms with Gasteiger partial charge < -0.3 is 16.4 Å². The van der Waals surface area contributed by atoms with E-state index in [-0.39, 0.29) is 28.3 Å². The lowest BCUT2D eigenvalue weighted by atomic mass is 9.96. The van der Waals surface area contributed by atoms with Crippen molar-refractivity contribution in [1.29, 1.82) is 0 Å². The zero-order valence-electron chi connectivity index (χ0n) is 11.9. The topological polar surface area (TPSA) is 119 Å². The van der Waals surface area contributed by atoms with E-state index >= 15 is 0 Å². The molecule has 0 saturated carbocycles. The fraction of sp³-hybridized carbons (Fsp3) is 0.667. The molecular formula is C12H20N4O3S2. The Morgan fingerprint density at radius 3 is 2.57 bits per heavy atom. The van der Waals surface area contributed by atoms with Crippen LogP contribution in [0.25, 0.3) is 0 Å². The smallest absolute Gasteiger partial charge is 0.220 e. The molecule has 1 saturated heterocycles. The molecule has 0 unspecified atom stereocenters. The zero-order chi connectivity index (χ0) is 15.6. The summed E-state index contributed by atoms with van der Waals surface area (Å²) in [5, 5.41) is 0.587. The van der Waals surface area contributed by atoms with Gasteiger partial charge in [0.15, 0.2) is 15.7 Å². The molecule has 21 heavy (non-hydrogen) atoms. The number of anilines is 2. The van der Waals surface area contributed by atoms with Gasteiger partial charge in [-0.1, -0.05) is 6.92 Å². The second-order valence-electron chi connectivity index (χ2n) is 5.18. The van der Waals surface area contributed by atoms with Gasteiger partial charge in [0.2, 0.25) is 5.91 Å². The van der Waals surface area contributed by atoms with Gasteiger partial charge in [0.25, 0.3) is 0 Å². The number of nitrogens with zero attached hydrogens (tertiary/aromatic N) is 2. The highest BCUT2D eigenvalue weighted by Crippen LogP contribution is 2.37. The van der Waals surface area contributed by atoms with Crippen molar-refractivity contribution < 1.29 is 13.2 Å². The van der Waals surface area contributed by atoms with Gasteiger partial charge in [-0.05, 0) is 30.8 Å². The number of aromatic nitrogens is 1. The number of amides is 1. The molecule has 1 fully saturated rings. The summed E-state index contributed by atoms with van der Waals surface area (Å²) in [6, 6.07) is 0. The third-order valence-corrected chi connectivity index (χ3v) is 6.65. The maximum atomic E-state index is 12.3. The molecule has 1 aromatic rings. The molecule has 2 heterocycles. The first kappa shape index (κ1) is 16.0. The van der Waals surface area contributed by atoms with Crippen LogP contribution in [0.3, 0.4) is 0 Å². The van der Waals surface area contributed by atoms with E-state index in [2.05, 4.69) is 4.37 Å². The molecule has 0 radical (unpaired) electrons. The first-order valence-electron chi connectivity index (χ1n) is 6.89. The molecule has 0 aromatic carbocycles. The second kappa shape index (κ2) is 6.18. The molecule has 0 bridgehead atoms. The molecule has 1 aromatic heterocycles. The number of nitrogens with two attached hydrogens (primary N) is 2. The Labute approximate surface area is 128 Å². The summed E-state index contributed by atoms with van der Waals surface area (Å²) < 4.78 is 28.7. The van der Waals surface area contributed by atoms with Crippen molar-refractivity contribution in [3.8, 4) is 0 Å². The minimum atomic E-state index is -3.42. The van der Waals surface area contributed by atoms with E-state index in [0.717, 1.165) is 11.5 Å². The number of rotatable bonds is 5. The van der Waals surface area contributed by atoms with Crippen molar-refractivity contribution >= 4 is 38.1 Å². The Morgan fingerprint density at radius 1 is 1.43 bits per heavy atom. The van der Waals surface area contributed by atoms with Gasteiger partial charge in [0.05, 0.1) is 5.75 Å². The largest absolute Gasteiger partial charge is 0.382 e. The van der Waals surface area contributed by atoms with E-state index in [4.69, 9.17) is 11.5 Å². The molecule has 7 nitrogen and oxygen atoms in total. The quantitative estimate of drug-likeness (QED) is 0.815. The number of hydrogen-bond donors (Lipinski definition) is 2. The van der Waals surface area contributed by atoms with Crippen molar-refractivity contribution in [2.24, 2.45) is 11.7 Å². The lowest BCUT2D eigenvalue weighted by molar-refractivity contribution is -0.122. The fourth-order valence-corrected chi connectivity index (χ4v) is 5.33. The highest BCUT2D eigenvalue weighted by atomic mass is 32.2. The molecule has 0 aliphatic carbocycles. The van der Waals surface area contributed by atoms with Crippen molar-refractivity contribution in [2.75, 3.05) is 29.5 Å². The van der Waals surface area contributed by atoms with Gasteiger partial charge in [-0.25, -0.2) is 8.42 Å². The van der Waals surface area contributed by atoms with Crippen LogP contribution in [0.15, 0.2) is 4.90 Å². The summed E-state index contributed by atoms with van der Waals surface area (Å²) in [6.45, 7) is 2.99. The number of sulfone groups is 1. The molecule has 1 aliphatic rings. The summed E-state index contributed by atoms with van der Waals surface area (Å²) in [4.78, 5) is 13.3. The van der Waals surface area contributed by atoms with E-state index in [1.54, 1.807) is 0 Å². The standard InChI is InChI=1S/C12H20N4O3S2/c1-2-7-21(18,19)9-10(13)15-20-12(9)16-5-3-8(4-6-16)11(14)17/h8H,2-7H2,1H3,(H2,13,15)(H2,14,17). The summed E-state index contributed by atoms with van der Waals surface area (Å²) in [5.41, 5.74) is 11.1. The predicted molar refractivity (Wildman–Crippen MR) is 83.0 cm³/mol. The van der Waals surface area contributed by atoms with Gasteiger partial charge >= 0.3 is 0 Å². The van der Waals surface area contributed by atoms with Crippen LogP contribution in [0.1, 0.15) is 26.2 Å². The number of nitrogen functional groups attached to an aromatic ring is 1. The third kappa shape index (κ3) is 3.29. The highest BCUT2D eigenvalue weighted by molar-refractivity contribution is 7.91. The number of carbonyl (C=O) groups excluding carboxylic acids is 1. The van der Waals surface area contributed by atoms with Gasteiger partial charge in [-0.3, -0.25) is 4.79 Å². The van der Waals surface area contributed by atoms with Gasteiger partial charge in [0, 0.05) is 19.0 Å². The van der Waals surface area contributed by atoms with Crippen molar-refractivity contribution in [3.05, 3.63) is 0 Å². The number of primary amides is 1. The van der Waals surface area contributed by atoms with Gasteiger partial charge in [-0.15, -0.1) is 0 Å². The van der Waals surface area contributed by atoms with Crippen LogP contribution < -0.4 is 16.4 Å². The SMILES string of the molecule is CCCS(=O)(=O)c1c(N)nsc1N1CCC(C(N)=O)CC1. The average Bonchev–Trinajstić information content (AvgIpc) is 2.81. The maximum Gasteiger partial charge on any atom is 0.220 e. The number of carbonyl (C=O) groups is 1. The third-order valence-electron chi connectivity index (χ3n) is 3.63. The molecule has 0 spiro atoms. The number of piperidine rings is 1. The maximum absolute atomic E-state index is 12.3. The summed E-state index contributed by atoms with van der Waals surface area (Å²) in [5.74, 6) is -0.305. The molecular weight excluding hydrogens is 312 g/mol. The summed E-state index contributed by atoms with van der Waals surface area (Å²) >= 11 is 1.10. The Balaban J connectivity index is 2.25. The molecule has 9 heteroatoms. The zero-order valence-corrected chi connectivity index (χ0v) is 13.5. The molecule has 4 N–H and O–H groups in total. The van der Waals surface area contributed by atoms with Gasteiger partial charge in [0.1, 0.15) is 9.90 Å². The first-order valence-corrected chi connectivity index (χ1v) is 9.31. The van der Waals surface area contributed by atoms with Crippen molar-refractivity contribution in [3.63, 3.8) is 0 Å². The van der Waals surface area contributed by atoms with E-state index in [0.29, 0.717) is 37.4 Å². The summed E-state index contributed by atoms with van der Waals surface area (Å²) in [6.07, 6.45) is 1.78. The lowest BCUT2D eigenvalue weighted by Crippen LogP contribution is -2.38. The van der Waals surface area contributed by atoms with Crippen LogP contribution >= 0.6 is 11.5 Å². The lowest BCUT2D eigenvalue weighted by Gasteiger charge is -2.31.